The van der Waals surface area contributed by atoms with Crippen LogP contribution in [-0.4, -0.2) is 12.2 Å². The van der Waals surface area contributed by atoms with Crippen LogP contribution in [0.3, 0.4) is 0 Å². The summed E-state index contributed by atoms with van der Waals surface area (Å²) in [5.41, 5.74) is 1.49. The second-order valence-corrected chi connectivity index (χ2v) is 5.89. The maximum absolute atomic E-state index is 10.3. The Bertz CT molecular complexity index is 727. The molecule has 0 aliphatic carbocycles. The average molecular weight is 368 g/mol. The van der Waals surface area contributed by atoms with Gasteiger partial charge in [0.15, 0.2) is 0 Å². The van der Waals surface area contributed by atoms with Crippen molar-refractivity contribution in [2.45, 2.75) is 6.10 Å². The maximum Gasteiger partial charge on any atom is 0.140 e. The van der Waals surface area contributed by atoms with Crippen LogP contribution in [0, 0.1) is 0 Å². The van der Waals surface area contributed by atoms with Crippen LogP contribution in [0.25, 0.3) is 6.08 Å². The van der Waals surface area contributed by atoms with Gasteiger partial charge in [-0.2, -0.15) is 0 Å². The number of rotatable bonds is 2. The van der Waals surface area contributed by atoms with Crippen molar-refractivity contribution >= 4 is 33.6 Å². The van der Waals surface area contributed by atoms with E-state index in [-0.39, 0.29) is 0 Å². The minimum Gasteiger partial charge on any atom is -0.495 e. The maximum atomic E-state index is 10.3. The Labute approximate surface area is 135 Å². The van der Waals surface area contributed by atoms with E-state index in [1.807, 2.05) is 24.3 Å². The number of ether oxygens (including phenoxy) is 2. The Kier molecular flexibility index (Phi) is 3.93. The molecule has 0 unspecified atom stereocenters. The Hall–Kier alpha value is -1.49. The highest BCUT2D eigenvalue weighted by atomic mass is 79.9. The molecule has 2 aromatic rings. The van der Waals surface area contributed by atoms with Crippen molar-refractivity contribution in [1.82, 2.24) is 0 Å². The number of hydrogen-bond donors (Lipinski definition) is 1. The highest BCUT2D eigenvalue weighted by molar-refractivity contribution is 9.10. The van der Waals surface area contributed by atoms with E-state index in [1.165, 1.54) is 0 Å². The number of benzene rings is 2. The molecule has 1 heterocycles. The highest BCUT2D eigenvalue weighted by Gasteiger charge is 2.27. The summed E-state index contributed by atoms with van der Waals surface area (Å²) >= 11 is 9.48. The first-order valence-electron chi connectivity index (χ1n) is 6.29. The standard InChI is InChI=1S/C16H12BrClO3/c1-20-16-9(6-10(18)8-12(16)17)7-14-15(19)11-4-2-3-5-13(11)21-14/h2-8,15,19H,1H3/b14-7-/t15-/m0/s1. The zero-order chi connectivity index (χ0) is 15.0. The molecule has 2 aromatic carbocycles. The van der Waals surface area contributed by atoms with E-state index < -0.39 is 6.10 Å². The molecule has 1 aliphatic heterocycles. The van der Waals surface area contributed by atoms with Gasteiger partial charge in [-0.15, -0.1) is 0 Å². The van der Waals surface area contributed by atoms with Gasteiger partial charge in [0.2, 0.25) is 0 Å². The van der Waals surface area contributed by atoms with Gasteiger partial charge in [0, 0.05) is 16.1 Å². The molecule has 3 rings (SSSR count). The summed E-state index contributed by atoms with van der Waals surface area (Å²) in [6.45, 7) is 0. The van der Waals surface area contributed by atoms with E-state index in [4.69, 9.17) is 21.1 Å². The largest absolute Gasteiger partial charge is 0.495 e. The van der Waals surface area contributed by atoms with E-state index in [2.05, 4.69) is 15.9 Å². The van der Waals surface area contributed by atoms with E-state index in [9.17, 15) is 5.11 Å². The molecule has 1 atom stereocenters. The summed E-state index contributed by atoms with van der Waals surface area (Å²) in [4.78, 5) is 0. The lowest BCUT2D eigenvalue weighted by Gasteiger charge is -2.10. The first kappa shape index (κ1) is 14.4. The van der Waals surface area contributed by atoms with Crippen LogP contribution < -0.4 is 9.47 Å². The average Bonchev–Trinajstić information content (AvgIpc) is 2.76. The van der Waals surface area contributed by atoms with E-state index in [0.717, 1.165) is 15.6 Å². The van der Waals surface area contributed by atoms with Gasteiger partial charge in [-0.1, -0.05) is 29.8 Å². The van der Waals surface area contributed by atoms with Crippen molar-refractivity contribution in [3.63, 3.8) is 0 Å². The molecule has 0 saturated carbocycles. The van der Waals surface area contributed by atoms with Gasteiger partial charge in [0.1, 0.15) is 23.4 Å². The van der Waals surface area contributed by atoms with E-state index in [0.29, 0.717) is 22.3 Å². The van der Waals surface area contributed by atoms with Crippen molar-refractivity contribution in [2.24, 2.45) is 0 Å². The predicted molar refractivity (Wildman–Crippen MR) is 85.7 cm³/mol. The molecule has 5 heteroatoms. The molecule has 0 fully saturated rings. The highest BCUT2D eigenvalue weighted by Crippen LogP contribution is 2.41. The third kappa shape index (κ3) is 2.67. The molecule has 0 saturated heterocycles. The molecule has 3 nitrogen and oxygen atoms in total. The van der Waals surface area contributed by atoms with Gasteiger partial charge in [0.05, 0.1) is 11.6 Å². The molecular formula is C16H12BrClO3. The summed E-state index contributed by atoms with van der Waals surface area (Å²) in [5.74, 6) is 1.75. The van der Waals surface area contributed by atoms with Gasteiger partial charge in [0.25, 0.3) is 0 Å². The number of halogens is 2. The quantitative estimate of drug-likeness (QED) is 0.844. The van der Waals surface area contributed by atoms with E-state index >= 15 is 0 Å². The number of hydrogen-bond acceptors (Lipinski definition) is 3. The zero-order valence-electron chi connectivity index (χ0n) is 11.1. The SMILES string of the molecule is COc1c(Br)cc(Cl)cc1/C=C1\Oc2ccccc2[C@@H]1O. The topological polar surface area (TPSA) is 38.7 Å². The molecule has 21 heavy (non-hydrogen) atoms. The van der Waals surface area contributed by atoms with Gasteiger partial charge in [-0.3, -0.25) is 0 Å². The third-order valence-corrected chi connectivity index (χ3v) is 4.06. The van der Waals surface area contributed by atoms with Crippen LogP contribution in [-0.2, 0) is 0 Å². The lowest BCUT2D eigenvalue weighted by molar-refractivity contribution is 0.193. The van der Waals surface area contributed by atoms with Crippen molar-refractivity contribution in [3.05, 3.63) is 62.8 Å². The van der Waals surface area contributed by atoms with E-state index in [1.54, 1.807) is 25.3 Å². The minimum atomic E-state index is -0.788. The summed E-state index contributed by atoms with van der Waals surface area (Å²) in [6.07, 6.45) is 0.948. The fraction of sp³-hybridized carbons (Fsp3) is 0.125. The summed E-state index contributed by atoms with van der Waals surface area (Å²) in [5, 5.41) is 10.9. The second kappa shape index (κ2) is 5.72. The normalized spacial score (nSPS) is 18.5. The fourth-order valence-electron chi connectivity index (χ4n) is 2.30. The van der Waals surface area contributed by atoms with Gasteiger partial charge < -0.3 is 14.6 Å². The van der Waals surface area contributed by atoms with Crippen molar-refractivity contribution in [1.29, 1.82) is 0 Å². The number of fused-ring (bicyclic) bond motifs is 1. The molecule has 0 spiro atoms. The molecule has 0 aromatic heterocycles. The summed E-state index contributed by atoms with van der Waals surface area (Å²) in [6, 6.07) is 10.9. The molecule has 0 radical (unpaired) electrons. The lowest BCUT2D eigenvalue weighted by atomic mass is 10.1. The van der Waals surface area contributed by atoms with Crippen LogP contribution in [0.4, 0.5) is 0 Å². The van der Waals surface area contributed by atoms with Gasteiger partial charge in [-0.25, -0.2) is 0 Å². The predicted octanol–water partition coefficient (Wildman–Crippen LogP) is 4.58. The summed E-state index contributed by atoms with van der Waals surface area (Å²) in [7, 11) is 1.58. The van der Waals surface area contributed by atoms with Crippen molar-refractivity contribution < 1.29 is 14.6 Å². The first-order valence-corrected chi connectivity index (χ1v) is 7.46. The molecular weight excluding hydrogens is 356 g/mol. The monoisotopic (exact) mass is 366 g/mol. The molecule has 0 amide bonds. The fourth-order valence-corrected chi connectivity index (χ4v) is 3.30. The molecule has 0 bridgehead atoms. The molecule has 1 N–H and O–H groups in total. The Morgan fingerprint density at radius 1 is 1.33 bits per heavy atom. The van der Waals surface area contributed by atoms with Crippen LogP contribution in [0.2, 0.25) is 5.02 Å². The zero-order valence-corrected chi connectivity index (χ0v) is 13.5. The number of aliphatic hydroxyl groups is 1. The molecule has 1 aliphatic rings. The summed E-state index contributed by atoms with van der Waals surface area (Å²) < 4.78 is 11.8. The Morgan fingerprint density at radius 3 is 2.81 bits per heavy atom. The van der Waals surface area contributed by atoms with Gasteiger partial charge >= 0.3 is 0 Å². The first-order chi connectivity index (χ1) is 10.1. The Morgan fingerprint density at radius 2 is 2.10 bits per heavy atom. The molecule has 108 valence electrons. The van der Waals surface area contributed by atoms with Crippen LogP contribution >= 0.6 is 27.5 Å². The van der Waals surface area contributed by atoms with Crippen LogP contribution in [0.15, 0.2) is 46.6 Å². The number of aliphatic hydroxyl groups excluding tert-OH is 1. The number of para-hydroxylation sites is 1. The Balaban J connectivity index is 2.05. The van der Waals surface area contributed by atoms with Crippen LogP contribution in [0.1, 0.15) is 17.2 Å². The lowest BCUT2D eigenvalue weighted by Crippen LogP contribution is -1.98. The smallest absolute Gasteiger partial charge is 0.140 e. The second-order valence-electron chi connectivity index (χ2n) is 4.60. The van der Waals surface area contributed by atoms with Crippen LogP contribution in [0.5, 0.6) is 11.5 Å². The van der Waals surface area contributed by atoms with Crippen molar-refractivity contribution in [3.8, 4) is 11.5 Å². The number of methoxy groups -OCH3 is 1. The minimum absolute atomic E-state index is 0.448. The van der Waals surface area contributed by atoms with Gasteiger partial charge in [-0.05, 0) is 40.2 Å². The third-order valence-electron chi connectivity index (χ3n) is 3.25. The van der Waals surface area contributed by atoms with Crippen molar-refractivity contribution in [2.75, 3.05) is 7.11 Å².